The van der Waals surface area contributed by atoms with Crippen molar-refractivity contribution in [1.29, 1.82) is 0 Å². The van der Waals surface area contributed by atoms with Gasteiger partial charge in [-0.3, -0.25) is 4.90 Å². The number of anilines is 1. The van der Waals surface area contributed by atoms with Gasteiger partial charge in [-0.15, -0.1) is 11.8 Å². The molecule has 30 heavy (non-hydrogen) atoms. The van der Waals surface area contributed by atoms with Gasteiger partial charge in [-0.2, -0.15) is 5.10 Å². The van der Waals surface area contributed by atoms with E-state index in [1.165, 1.54) is 30.7 Å². The summed E-state index contributed by atoms with van der Waals surface area (Å²) in [6, 6.07) is 13.9. The molecule has 2 saturated heterocycles. The molecular formula is C23H28FN5S. The summed E-state index contributed by atoms with van der Waals surface area (Å²) in [5.41, 5.74) is 3.20. The number of benzene rings is 2. The molecule has 0 bridgehead atoms. The first-order chi connectivity index (χ1) is 14.7. The van der Waals surface area contributed by atoms with Gasteiger partial charge in [0.15, 0.2) is 0 Å². The van der Waals surface area contributed by atoms with Gasteiger partial charge in [0.2, 0.25) is 0 Å². The minimum Gasteiger partial charge on any atom is -0.369 e. The summed E-state index contributed by atoms with van der Waals surface area (Å²) in [5.74, 6) is -0.229. The van der Waals surface area contributed by atoms with Crippen LogP contribution >= 0.6 is 11.8 Å². The molecule has 1 aromatic heterocycles. The summed E-state index contributed by atoms with van der Waals surface area (Å²) in [5, 5.41) is 10.4. The van der Waals surface area contributed by atoms with E-state index in [4.69, 9.17) is 5.10 Å². The summed E-state index contributed by atoms with van der Waals surface area (Å²) in [7, 11) is 0. The number of piperazine rings is 1. The maximum absolute atomic E-state index is 13.4. The summed E-state index contributed by atoms with van der Waals surface area (Å²) in [4.78, 5) is 5.16. The Labute approximate surface area is 181 Å². The van der Waals surface area contributed by atoms with Crippen LogP contribution in [0.1, 0.15) is 12.8 Å². The molecule has 0 aliphatic carbocycles. The highest BCUT2D eigenvalue weighted by Crippen LogP contribution is 2.31. The van der Waals surface area contributed by atoms with Crippen LogP contribution in [0, 0.1) is 5.82 Å². The van der Waals surface area contributed by atoms with Crippen LogP contribution in [-0.4, -0.2) is 66.2 Å². The van der Waals surface area contributed by atoms with Crippen molar-refractivity contribution in [3.63, 3.8) is 0 Å². The van der Waals surface area contributed by atoms with E-state index in [1.54, 1.807) is 23.9 Å². The molecule has 3 aromatic rings. The zero-order chi connectivity index (χ0) is 20.5. The summed E-state index contributed by atoms with van der Waals surface area (Å²) >= 11 is 1.64. The third-order valence-corrected chi connectivity index (χ3v) is 7.09. The van der Waals surface area contributed by atoms with E-state index in [0.717, 1.165) is 66.9 Å². The number of fused-ring (bicyclic) bond motifs is 1. The molecule has 2 aliphatic rings. The number of thioether (sulfide) groups is 1. The zero-order valence-corrected chi connectivity index (χ0v) is 18.2. The Morgan fingerprint density at radius 3 is 2.37 bits per heavy atom. The lowest BCUT2D eigenvalue weighted by Gasteiger charge is -2.41. The summed E-state index contributed by atoms with van der Waals surface area (Å²) in [6.07, 6.45) is 4.57. The predicted octanol–water partition coefficient (Wildman–Crippen LogP) is 3.76. The standard InChI is InChI=1S/C23H28FN5S/c1-30-23-21-7-6-20(16-22(21)29(26-23)19-4-2-17(24)3-5-19)28-14-12-27(13-15-28)18-8-10-25-11-9-18/h2-7,16,18,25H,8-15H2,1H3. The number of nitrogens with one attached hydrogen (secondary N) is 1. The Hall–Kier alpha value is -2.09. The average Bonchev–Trinajstić information content (AvgIpc) is 3.18. The van der Waals surface area contributed by atoms with E-state index in [0.29, 0.717) is 0 Å². The van der Waals surface area contributed by atoms with Crippen molar-refractivity contribution in [3.8, 4) is 5.69 Å². The molecule has 2 aliphatic heterocycles. The van der Waals surface area contributed by atoms with Crippen LogP contribution in [0.25, 0.3) is 16.6 Å². The van der Waals surface area contributed by atoms with E-state index in [1.807, 2.05) is 10.9 Å². The van der Waals surface area contributed by atoms with E-state index in [2.05, 4.69) is 33.3 Å². The third-order valence-electron chi connectivity index (χ3n) is 6.40. The first-order valence-corrected chi connectivity index (χ1v) is 12.0. The smallest absolute Gasteiger partial charge is 0.126 e. The Balaban J connectivity index is 1.40. The van der Waals surface area contributed by atoms with Crippen molar-refractivity contribution in [1.82, 2.24) is 20.0 Å². The molecule has 0 spiro atoms. The van der Waals surface area contributed by atoms with Crippen molar-refractivity contribution in [3.05, 3.63) is 48.3 Å². The third kappa shape index (κ3) is 3.82. The minimum absolute atomic E-state index is 0.229. The SMILES string of the molecule is CSc1nn(-c2ccc(F)cc2)c2cc(N3CCN(C4CCNCC4)CC3)ccc12. The number of nitrogens with zero attached hydrogens (tertiary/aromatic N) is 4. The van der Waals surface area contributed by atoms with Gasteiger partial charge >= 0.3 is 0 Å². The highest BCUT2D eigenvalue weighted by Gasteiger charge is 2.25. The van der Waals surface area contributed by atoms with Gasteiger partial charge in [0.25, 0.3) is 0 Å². The molecule has 0 radical (unpaired) electrons. The quantitative estimate of drug-likeness (QED) is 0.644. The fourth-order valence-electron chi connectivity index (χ4n) is 4.72. The number of hydrogen-bond acceptors (Lipinski definition) is 5. The van der Waals surface area contributed by atoms with Crippen LogP contribution in [0.5, 0.6) is 0 Å². The lowest BCUT2D eigenvalue weighted by atomic mass is 10.0. The number of halogens is 1. The second-order valence-corrected chi connectivity index (χ2v) is 8.90. The van der Waals surface area contributed by atoms with Crippen molar-refractivity contribution < 1.29 is 4.39 Å². The molecule has 5 rings (SSSR count). The number of rotatable bonds is 4. The molecule has 7 heteroatoms. The number of hydrogen-bond donors (Lipinski definition) is 1. The van der Waals surface area contributed by atoms with Gasteiger partial charge in [-0.05, 0) is 74.7 Å². The molecule has 0 atom stereocenters. The number of aromatic nitrogens is 2. The second kappa shape index (κ2) is 8.57. The van der Waals surface area contributed by atoms with E-state index in [-0.39, 0.29) is 5.82 Å². The van der Waals surface area contributed by atoms with Crippen molar-refractivity contribution in [2.45, 2.75) is 23.9 Å². The minimum atomic E-state index is -0.229. The molecule has 158 valence electrons. The van der Waals surface area contributed by atoms with E-state index >= 15 is 0 Å². The maximum atomic E-state index is 13.4. The number of piperidine rings is 1. The fraction of sp³-hybridized carbons (Fsp3) is 0.435. The molecule has 0 amide bonds. The topological polar surface area (TPSA) is 36.3 Å². The fourth-order valence-corrected chi connectivity index (χ4v) is 5.27. The second-order valence-electron chi connectivity index (χ2n) is 8.10. The van der Waals surface area contributed by atoms with E-state index in [9.17, 15) is 4.39 Å². The van der Waals surface area contributed by atoms with Gasteiger partial charge in [0, 0.05) is 43.3 Å². The summed E-state index contributed by atoms with van der Waals surface area (Å²) < 4.78 is 15.4. The average molecular weight is 426 g/mol. The highest BCUT2D eigenvalue weighted by molar-refractivity contribution is 7.98. The molecule has 2 aromatic carbocycles. The Bertz CT molecular complexity index is 1000. The predicted molar refractivity (Wildman–Crippen MR) is 122 cm³/mol. The van der Waals surface area contributed by atoms with Crippen molar-refractivity contribution >= 4 is 28.4 Å². The van der Waals surface area contributed by atoms with Gasteiger partial charge in [0.1, 0.15) is 10.8 Å². The Morgan fingerprint density at radius 1 is 0.967 bits per heavy atom. The molecule has 0 unspecified atom stereocenters. The van der Waals surface area contributed by atoms with Gasteiger partial charge in [0.05, 0.1) is 11.2 Å². The van der Waals surface area contributed by atoms with Crippen LogP contribution in [0.15, 0.2) is 47.5 Å². The Kier molecular flexibility index (Phi) is 5.67. The molecule has 5 nitrogen and oxygen atoms in total. The molecule has 3 heterocycles. The van der Waals surface area contributed by atoms with Crippen LogP contribution in [-0.2, 0) is 0 Å². The maximum Gasteiger partial charge on any atom is 0.126 e. The van der Waals surface area contributed by atoms with Crippen LogP contribution < -0.4 is 10.2 Å². The van der Waals surface area contributed by atoms with Gasteiger partial charge < -0.3 is 10.2 Å². The van der Waals surface area contributed by atoms with Crippen LogP contribution in [0.3, 0.4) is 0 Å². The Morgan fingerprint density at radius 2 is 1.67 bits per heavy atom. The zero-order valence-electron chi connectivity index (χ0n) is 17.4. The molecule has 1 N–H and O–H groups in total. The summed E-state index contributed by atoms with van der Waals surface area (Å²) in [6.45, 7) is 6.64. The largest absolute Gasteiger partial charge is 0.369 e. The van der Waals surface area contributed by atoms with Crippen LogP contribution in [0.4, 0.5) is 10.1 Å². The normalized spacial score (nSPS) is 18.9. The first-order valence-electron chi connectivity index (χ1n) is 10.8. The molecule has 2 fully saturated rings. The van der Waals surface area contributed by atoms with Crippen LogP contribution in [0.2, 0.25) is 0 Å². The van der Waals surface area contributed by atoms with Gasteiger partial charge in [-0.1, -0.05) is 0 Å². The monoisotopic (exact) mass is 425 g/mol. The lowest BCUT2D eigenvalue weighted by Crippen LogP contribution is -2.52. The van der Waals surface area contributed by atoms with E-state index < -0.39 is 0 Å². The first kappa shape index (κ1) is 19.8. The lowest BCUT2D eigenvalue weighted by molar-refractivity contribution is 0.153. The van der Waals surface area contributed by atoms with Crippen molar-refractivity contribution in [2.24, 2.45) is 0 Å². The van der Waals surface area contributed by atoms with Crippen molar-refractivity contribution in [2.75, 3.05) is 50.4 Å². The molecular weight excluding hydrogens is 397 g/mol. The van der Waals surface area contributed by atoms with Gasteiger partial charge in [-0.25, -0.2) is 9.07 Å². The molecule has 0 saturated carbocycles. The highest BCUT2D eigenvalue weighted by atomic mass is 32.2.